The number of carbonyl (C=O) groups excluding carboxylic acids is 2. The van der Waals surface area contributed by atoms with Gasteiger partial charge in [-0.2, -0.15) is 5.10 Å². The normalized spacial score (nSPS) is 10.7. The number of hydrazone groups is 1. The van der Waals surface area contributed by atoms with E-state index < -0.39 is 0 Å². The number of nitrogens with zero attached hydrogens (tertiary/aromatic N) is 1. The molecule has 0 unspecified atom stereocenters. The maximum absolute atomic E-state index is 12.5. The zero-order valence-electron chi connectivity index (χ0n) is 21.4. The molecule has 0 radical (unpaired) electrons. The number of anilines is 1. The molecule has 204 valence electrons. The lowest BCUT2D eigenvalue weighted by Gasteiger charge is -2.11. The van der Waals surface area contributed by atoms with Crippen LogP contribution in [0.3, 0.4) is 0 Å². The molecule has 0 spiro atoms. The number of carbonyl (C=O) groups is 2. The molecule has 8 nitrogen and oxygen atoms in total. The first-order chi connectivity index (χ1) is 19.4. The first kappa shape index (κ1) is 28.5. The number of amides is 2. The van der Waals surface area contributed by atoms with E-state index in [9.17, 15) is 9.59 Å². The fourth-order valence-electron chi connectivity index (χ4n) is 3.48. The Labute approximate surface area is 241 Å². The van der Waals surface area contributed by atoms with Crippen LogP contribution in [0.5, 0.6) is 17.2 Å². The van der Waals surface area contributed by atoms with Gasteiger partial charge in [-0.1, -0.05) is 47.5 Å². The van der Waals surface area contributed by atoms with Gasteiger partial charge in [0, 0.05) is 26.9 Å². The predicted octanol–water partition coefficient (Wildman–Crippen LogP) is 6.36. The number of para-hydroxylation sites is 1. The van der Waals surface area contributed by atoms with Gasteiger partial charge in [0.15, 0.2) is 18.1 Å². The summed E-state index contributed by atoms with van der Waals surface area (Å²) in [6.07, 6.45) is 1.47. The summed E-state index contributed by atoms with van der Waals surface area (Å²) in [5.41, 5.74) is 5.03. The van der Waals surface area contributed by atoms with Crippen molar-refractivity contribution >= 4 is 46.9 Å². The summed E-state index contributed by atoms with van der Waals surface area (Å²) in [7, 11) is 1.49. The molecule has 2 amide bonds. The molecule has 0 aliphatic carbocycles. The third-order valence-corrected chi connectivity index (χ3v) is 6.10. The van der Waals surface area contributed by atoms with Crippen LogP contribution in [0.2, 0.25) is 10.0 Å². The molecule has 0 aliphatic rings. The number of ether oxygens (including phenoxy) is 3. The summed E-state index contributed by atoms with van der Waals surface area (Å²) < 4.78 is 16.7. The SMILES string of the molecule is COc1cc(/C=N/NC(=O)c2ccc(OCc3ccc(Cl)cc3Cl)cc2)ccc1OCC(=O)Nc1ccccc1. The minimum absolute atomic E-state index is 0.187. The van der Waals surface area contributed by atoms with Crippen LogP contribution in [0, 0.1) is 0 Å². The van der Waals surface area contributed by atoms with Crippen molar-refractivity contribution in [2.75, 3.05) is 19.0 Å². The molecule has 4 rings (SSSR count). The van der Waals surface area contributed by atoms with E-state index in [0.717, 1.165) is 5.56 Å². The van der Waals surface area contributed by atoms with Crippen LogP contribution in [0.25, 0.3) is 0 Å². The summed E-state index contributed by atoms with van der Waals surface area (Å²) in [6, 6.07) is 26.0. The van der Waals surface area contributed by atoms with Gasteiger partial charge in [-0.25, -0.2) is 5.43 Å². The Hall–Kier alpha value is -4.53. The highest BCUT2D eigenvalue weighted by Gasteiger charge is 2.10. The summed E-state index contributed by atoms with van der Waals surface area (Å²) >= 11 is 12.1. The van der Waals surface area contributed by atoms with Crippen molar-refractivity contribution in [1.82, 2.24) is 5.43 Å². The molecule has 0 saturated carbocycles. The fourth-order valence-corrected chi connectivity index (χ4v) is 3.94. The second-order valence-corrected chi connectivity index (χ2v) is 9.20. The maximum atomic E-state index is 12.5. The summed E-state index contributed by atoms with van der Waals surface area (Å²) in [5, 5.41) is 7.84. The molecule has 4 aromatic carbocycles. The average molecular weight is 578 g/mol. The molecule has 0 aromatic heterocycles. The molecule has 10 heteroatoms. The Morgan fingerprint density at radius 2 is 1.65 bits per heavy atom. The smallest absolute Gasteiger partial charge is 0.271 e. The molecule has 2 N–H and O–H groups in total. The molecule has 0 fully saturated rings. The first-order valence-electron chi connectivity index (χ1n) is 12.1. The Balaban J connectivity index is 1.27. The van der Waals surface area contributed by atoms with Crippen molar-refractivity contribution in [2.45, 2.75) is 6.61 Å². The Kier molecular flexibility index (Phi) is 9.99. The molecule has 0 heterocycles. The molecule has 0 saturated heterocycles. The molecule has 0 atom stereocenters. The highest BCUT2D eigenvalue weighted by atomic mass is 35.5. The minimum atomic E-state index is -0.389. The van der Waals surface area contributed by atoms with Crippen LogP contribution in [0.4, 0.5) is 5.69 Å². The maximum Gasteiger partial charge on any atom is 0.271 e. The lowest BCUT2D eigenvalue weighted by molar-refractivity contribution is -0.118. The summed E-state index contributed by atoms with van der Waals surface area (Å²) in [5.74, 6) is 0.705. The van der Waals surface area contributed by atoms with E-state index in [1.165, 1.54) is 13.3 Å². The van der Waals surface area contributed by atoms with Crippen molar-refractivity contribution < 1.29 is 23.8 Å². The largest absolute Gasteiger partial charge is 0.493 e. The molecule has 40 heavy (non-hydrogen) atoms. The number of hydrogen-bond donors (Lipinski definition) is 2. The zero-order valence-corrected chi connectivity index (χ0v) is 22.9. The first-order valence-corrected chi connectivity index (χ1v) is 12.8. The van der Waals surface area contributed by atoms with Gasteiger partial charge in [0.1, 0.15) is 12.4 Å². The highest BCUT2D eigenvalue weighted by Crippen LogP contribution is 2.27. The second kappa shape index (κ2) is 14.0. The Morgan fingerprint density at radius 3 is 2.38 bits per heavy atom. The van der Waals surface area contributed by atoms with Gasteiger partial charge in [-0.15, -0.1) is 0 Å². The van der Waals surface area contributed by atoms with Crippen molar-refractivity contribution in [3.63, 3.8) is 0 Å². The lowest BCUT2D eigenvalue weighted by atomic mass is 10.2. The van der Waals surface area contributed by atoms with Gasteiger partial charge < -0.3 is 19.5 Å². The second-order valence-electron chi connectivity index (χ2n) is 8.36. The number of halogens is 2. The zero-order chi connectivity index (χ0) is 28.3. The standard InChI is InChI=1S/C30H25Cl2N3O5/c1-38-28-15-20(7-14-27(28)40-19-29(36)34-24-5-3-2-4-6-24)17-33-35-30(37)21-9-12-25(13-10-21)39-18-22-8-11-23(31)16-26(22)32/h2-17H,18-19H2,1H3,(H,34,36)(H,35,37)/b33-17+. The summed E-state index contributed by atoms with van der Waals surface area (Å²) in [6.45, 7) is 0.0769. The van der Waals surface area contributed by atoms with Crippen LogP contribution in [-0.2, 0) is 11.4 Å². The number of benzene rings is 4. The van der Waals surface area contributed by atoms with Crippen LogP contribution in [0.1, 0.15) is 21.5 Å². The number of rotatable bonds is 11. The van der Waals surface area contributed by atoms with Gasteiger partial charge in [0.05, 0.1) is 13.3 Å². The van der Waals surface area contributed by atoms with Gasteiger partial charge >= 0.3 is 0 Å². The number of hydrogen-bond acceptors (Lipinski definition) is 6. The third-order valence-electron chi connectivity index (χ3n) is 5.51. The molecule has 0 bridgehead atoms. The van der Waals surface area contributed by atoms with E-state index >= 15 is 0 Å². The third kappa shape index (κ3) is 8.23. The molecule has 0 aliphatic heterocycles. The fraction of sp³-hybridized carbons (Fsp3) is 0.100. The van der Waals surface area contributed by atoms with E-state index in [1.807, 2.05) is 18.2 Å². The van der Waals surface area contributed by atoms with Crippen LogP contribution in [0.15, 0.2) is 96.1 Å². The van der Waals surface area contributed by atoms with E-state index in [-0.39, 0.29) is 25.0 Å². The van der Waals surface area contributed by atoms with Gasteiger partial charge in [-0.05, 0) is 72.3 Å². The average Bonchev–Trinajstić information content (AvgIpc) is 2.96. The summed E-state index contributed by atoms with van der Waals surface area (Å²) in [4.78, 5) is 24.6. The number of nitrogens with one attached hydrogen (secondary N) is 2. The van der Waals surface area contributed by atoms with Crippen LogP contribution >= 0.6 is 23.2 Å². The van der Waals surface area contributed by atoms with Crippen molar-refractivity contribution in [3.8, 4) is 17.2 Å². The van der Waals surface area contributed by atoms with E-state index in [2.05, 4.69) is 15.8 Å². The van der Waals surface area contributed by atoms with Crippen LogP contribution < -0.4 is 25.0 Å². The quantitative estimate of drug-likeness (QED) is 0.159. The Bertz CT molecular complexity index is 1500. The van der Waals surface area contributed by atoms with E-state index in [0.29, 0.717) is 44.1 Å². The van der Waals surface area contributed by atoms with E-state index in [4.69, 9.17) is 37.4 Å². The monoisotopic (exact) mass is 577 g/mol. The number of methoxy groups -OCH3 is 1. The van der Waals surface area contributed by atoms with Crippen LogP contribution in [-0.4, -0.2) is 31.7 Å². The molecule has 4 aromatic rings. The predicted molar refractivity (Wildman–Crippen MR) is 156 cm³/mol. The van der Waals surface area contributed by atoms with Crippen molar-refractivity contribution in [1.29, 1.82) is 0 Å². The van der Waals surface area contributed by atoms with Gasteiger partial charge in [0.2, 0.25) is 0 Å². The topological polar surface area (TPSA) is 98.2 Å². The Morgan fingerprint density at radius 1 is 0.875 bits per heavy atom. The molecular formula is C30H25Cl2N3O5. The van der Waals surface area contributed by atoms with Crippen molar-refractivity contribution in [2.24, 2.45) is 5.10 Å². The van der Waals surface area contributed by atoms with Gasteiger partial charge in [-0.3, -0.25) is 9.59 Å². The minimum Gasteiger partial charge on any atom is -0.493 e. The van der Waals surface area contributed by atoms with Crippen molar-refractivity contribution in [3.05, 3.63) is 118 Å². The lowest BCUT2D eigenvalue weighted by Crippen LogP contribution is -2.20. The molecular weight excluding hydrogens is 553 g/mol. The highest BCUT2D eigenvalue weighted by molar-refractivity contribution is 6.35. The van der Waals surface area contributed by atoms with E-state index in [1.54, 1.807) is 72.8 Å². The van der Waals surface area contributed by atoms with Gasteiger partial charge in [0.25, 0.3) is 11.8 Å².